The summed E-state index contributed by atoms with van der Waals surface area (Å²) in [7, 11) is 3.58. The van der Waals surface area contributed by atoms with Crippen LogP contribution in [0.15, 0.2) is 18.2 Å². The minimum absolute atomic E-state index is 0.120. The Hall–Kier alpha value is -1.06. The molecule has 1 saturated carbocycles. The molecular weight excluding hydrogens is 250 g/mol. The molecule has 3 rings (SSSR count). The van der Waals surface area contributed by atoms with Crippen molar-refractivity contribution < 1.29 is 9.47 Å². The van der Waals surface area contributed by atoms with Crippen LogP contribution in [0.5, 0.6) is 5.75 Å². The van der Waals surface area contributed by atoms with E-state index in [0.29, 0.717) is 6.04 Å². The van der Waals surface area contributed by atoms with Crippen LogP contribution in [-0.4, -0.2) is 32.4 Å². The average Bonchev–Trinajstić information content (AvgIpc) is 2.45. The lowest BCUT2D eigenvalue weighted by atomic mass is 9.79. The maximum absolute atomic E-state index is 5.69. The minimum Gasteiger partial charge on any atom is -0.497 e. The van der Waals surface area contributed by atoms with Crippen LogP contribution in [0.1, 0.15) is 36.8 Å². The smallest absolute Gasteiger partial charge is 0.119 e. The molecule has 0 aromatic heterocycles. The van der Waals surface area contributed by atoms with Crippen LogP contribution in [0.2, 0.25) is 0 Å². The van der Waals surface area contributed by atoms with E-state index >= 15 is 0 Å². The van der Waals surface area contributed by atoms with Crippen LogP contribution in [0.4, 0.5) is 0 Å². The number of hydrogen-bond donors (Lipinski definition) is 1. The highest BCUT2D eigenvalue weighted by Gasteiger charge is 2.37. The minimum atomic E-state index is 0.120. The Morgan fingerprint density at radius 2 is 2.10 bits per heavy atom. The van der Waals surface area contributed by atoms with E-state index in [1.54, 1.807) is 7.11 Å². The van der Waals surface area contributed by atoms with Crippen LogP contribution in [0, 0.1) is 0 Å². The van der Waals surface area contributed by atoms with Crippen molar-refractivity contribution in [3.8, 4) is 5.75 Å². The molecule has 1 aromatic carbocycles. The van der Waals surface area contributed by atoms with Gasteiger partial charge in [-0.15, -0.1) is 0 Å². The first-order valence-corrected chi connectivity index (χ1v) is 7.69. The number of benzene rings is 1. The van der Waals surface area contributed by atoms with E-state index in [0.717, 1.165) is 25.1 Å². The zero-order chi connectivity index (χ0) is 14.0. The van der Waals surface area contributed by atoms with Crippen LogP contribution in [0.25, 0.3) is 0 Å². The molecule has 0 bridgehead atoms. The van der Waals surface area contributed by atoms with E-state index in [2.05, 4.69) is 23.5 Å². The topological polar surface area (TPSA) is 30.5 Å². The lowest BCUT2D eigenvalue weighted by Gasteiger charge is -2.42. The number of fused-ring (bicyclic) bond motifs is 1. The quantitative estimate of drug-likeness (QED) is 0.896. The van der Waals surface area contributed by atoms with Gasteiger partial charge in [0.15, 0.2) is 0 Å². The number of methoxy groups -OCH3 is 2. The molecule has 1 fully saturated rings. The summed E-state index contributed by atoms with van der Waals surface area (Å²) in [5.41, 5.74) is 3.04. The lowest BCUT2D eigenvalue weighted by Crippen LogP contribution is -2.51. The van der Waals surface area contributed by atoms with E-state index in [1.807, 2.05) is 7.11 Å². The Balaban J connectivity index is 1.60. The number of rotatable bonds is 5. The van der Waals surface area contributed by atoms with Crippen LogP contribution in [0.3, 0.4) is 0 Å². The summed E-state index contributed by atoms with van der Waals surface area (Å²) in [6.07, 6.45) is 7.20. The Labute approximate surface area is 121 Å². The molecule has 20 heavy (non-hydrogen) atoms. The zero-order valence-electron chi connectivity index (χ0n) is 12.6. The predicted molar refractivity (Wildman–Crippen MR) is 80.4 cm³/mol. The molecule has 0 saturated heterocycles. The summed E-state index contributed by atoms with van der Waals surface area (Å²) in [6, 6.07) is 7.05. The van der Waals surface area contributed by atoms with Gasteiger partial charge in [-0.25, -0.2) is 0 Å². The maximum atomic E-state index is 5.69. The SMILES string of the molecule is COc1ccc2c(c1)CC(NCC1(OC)CCC1)CC2. The van der Waals surface area contributed by atoms with Crippen molar-refractivity contribution in [3.05, 3.63) is 29.3 Å². The second kappa shape index (κ2) is 5.74. The van der Waals surface area contributed by atoms with Crippen molar-refractivity contribution in [2.45, 2.75) is 50.2 Å². The summed E-state index contributed by atoms with van der Waals surface area (Å²) in [4.78, 5) is 0. The summed E-state index contributed by atoms with van der Waals surface area (Å²) < 4.78 is 11.0. The van der Waals surface area contributed by atoms with Gasteiger partial charge >= 0.3 is 0 Å². The third-order valence-corrected chi connectivity index (χ3v) is 5.05. The molecule has 0 heterocycles. The first-order chi connectivity index (χ1) is 9.74. The molecule has 2 aliphatic carbocycles. The Bertz CT molecular complexity index is 463. The lowest BCUT2D eigenvalue weighted by molar-refractivity contribution is -0.0710. The van der Waals surface area contributed by atoms with Gasteiger partial charge in [0.05, 0.1) is 12.7 Å². The maximum Gasteiger partial charge on any atom is 0.119 e. The summed E-state index contributed by atoms with van der Waals surface area (Å²) in [5, 5.41) is 3.73. The average molecular weight is 275 g/mol. The van der Waals surface area contributed by atoms with Gasteiger partial charge in [-0.1, -0.05) is 6.07 Å². The van der Waals surface area contributed by atoms with Crippen molar-refractivity contribution in [2.24, 2.45) is 0 Å². The highest BCUT2D eigenvalue weighted by molar-refractivity contribution is 5.37. The standard InChI is InChI=1S/C17H25NO2/c1-19-16-7-5-13-4-6-15(10-14(13)11-16)18-12-17(20-2)8-3-9-17/h5,7,11,15,18H,3-4,6,8-10,12H2,1-2H3. The second-order valence-electron chi connectivity index (χ2n) is 6.20. The van der Waals surface area contributed by atoms with Gasteiger partial charge < -0.3 is 14.8 Å². The third kappa shape index (κ3) is 2.70. The fourth-order valence-electron chi connectivity index (χ4n) is 3.39. The van der Waals surface area contributed by atoms with E-state index in [9.17, 15) is 0 Å². The summed E-state index contributed by atoms with van der Waals surface area (Å²) in [5.74, 6) is 0.969. The third-order valence-electron chi connectivity index (χ3n) is 5.05. The molecule has 1 aromatic rings. The number of aryl methyl sites for hydroxylation is 1. The van der Waals surface area contributed by atoms with E-state index in [-0.39, 0.29) is 5.60 Å². The van der Waals surface area contributed by atoms with Crippen molar-refractivity contribution in [1.29, 1.82) is 0 Å². The number of hydrogen-bond acceptors (Lipinski definition) is 3. The zero-order valence-corrected chi connectivity index (χ0v) is 12.6. The molecule has 110 valence electrons. The largest absolute Gasteiger partial charge is 0.497 e. The Morgan fingerprint density at radius 3 is 2.75 bits per heavy atom. The van der Waals surface area contributed by atoms with Crippen molar-refractivity contribution in [2.75, 3.05) is 20.8 Å². The fourth-order valence-corrected chi connectivity index (χ4v) is 3.39. The molecule has 3 nitrogen and oxygen atoms in total. The molecular formula is C17H25NO2. The molecule has 0 radical (unpaired) electrons. The molecule has 0 spiro atoms. The van der Waals surface area contributed by atoms with Gasteiger partial charge in [0, 0.05) is 19.7 Å². The van der Waals surface area contributed by atoms with Crippen LogP contribution < -0.4 is 10.1 Å². The molecule has 0 amide bonds. The van der Waals surface area contributed by atoms with Crippen LogP contribution >= 0.6 is 0 Å². The molecule has 1 unspecified atom stereocenters. The molecule has 1 N–H and O–H groups in total. The fraction of sp³-hybridized carbons (Fsp3) is 0.647. The van der Waals surface area contributed by atoms with Gasteiger partial charge in [0.1, 0.15) is 5.75 Å². The van der Waals surface area contributed by atoms with Gasteiger partial charge in [0.25, 0.3) is 0 Å². The second-order valence-corrected chi connectivity index (χ2v) is 6.20. The Morgan fingerprint density at radius 1 is 1.25 bits per heavy atom. The van der Waals surface area contributed by atoms with E-state index in [1.165, 1.54) is 36.8 Å². The first-order valence-electron chi connectivity index (χ1n) is 7.69. The van der Waals surface area contributed by atoms with Gasteiger partial charge in [-0.3, -0.25) is 0 Å². The number of nitrogens with one attached hydrogen (secondary N) is 1. The van der Waals surface area contributed by atoms with E-state index in [4.69, 9.17) is 9.47 Å². The monoisotopic (exact) mass is 275 g/mol. The Kier molecular flexibility index (Phi) is 3.99. The van der Waals surface area contributed by atoms with Crippen LogP contribution in [-0.2, 0) is 17.6 Å². The summed E-state index contributed by atoms with van der Waals surface area (Å²) >= 11 is 0. The first kappa shape index (κ1) is 13.9. The highest BCUT2D eigenvalue weighted by Crippen LogP contribution is 2.34. The van der Waals surface area contributed by atoms with E-state index < -0.39 is 0 Å². The predicted octanol–water partition coefficient (Wildman–Crippen LogP) is 2.71. The molecule has 3 heteroatoms. The molecule has 2 aliphatic rings. The van der Waals surface area contributed by atoms with Crippen molar-refractivity contribution in [3.63, 3.8) is 0 Å². The van der Waals surface area contributed by atoms with Crippen molar-refractivity contribution in [1.82, 2.24) is 5.32 Å². The van der Waals surface area contributed by atoms with Gasteiger partial charge in [-0.2, -0.15) is 0 Å². The molecule has 1 atom stereocenters. The van der Waals surface area contributed by atoms with Gasteiger partial charge in [-0.05, 0) is 61.8 Å². The molecule has 0 aliphatic heterocycles. The highest BCUT2D eigenvalue weighted by atomic mass is 16.5. The number of ether oxygens (including phenoxy) is 2. The van der Waals surface area contributed by atoms with Gasteiger partial charge in [0.2, 0.25) is 0 Å². The summed E-state index contributed by atoms with van der Waals surface area (Å²) in [6.45, 7) is 0.994. The van der Waals surface area contributed by atoms with Crippen molar-refractivity contribution >= 4 is 0 Å². The normalized spacial score (nSPS) is 23.8.